The Bertz CT molecular complexity index is 2600. The Labute approximate surface area is 300 Å². The predicted octanol–water partition coefficient (Wildman–Crippen LogP) is 11.6. The first-order valence-electron chi connectivity index (χ1n) is 18.6. The van der Waals surface area contributed by atoms with Crippen LogP contribution in [0.5, 0.6) is 0 Å². The molecule has 0 radical (unpaired) electrons. The zero-order valence-electron chi connectivity index (χ0n) is 29.9. The van der Waals surface area contributed by atoms with Crippen molar-refractivity contribution in [2.24, 2.45) is 4.99 Å². The summed E-state index contributed by atoms with van der Waals surface area (Å²) < 4.78 is 2.52. The molecule has 1 unspecified atom stereocenters. The first-order chi connectivity index (χ1) is 24.7. The van der Waals surface area contributed by atoms with Crippen molar-refractivity contribution in [1.29, 1.82) is 0 Å². The molecule has 5 aromatic carbocycles. The lowest BCUT2D eigenvalue weighted by Gasteiger charge is -2.42. The van der Waals surface area contributed by atoms with Crippen LogP contribution in [0, 0.1) is 0 Å². The maximum absolute atomic E-state index is 5.28. The molecule has 250 valence electrons. The Morgan fingerprint density at radius 1 is 0.706 bits per heavy atom. The van der Waals surface area contributed by atoms with Crippen LogP contribution in [0.3, 0.4) is 0 Å². The van der Waals surface area contributed by atoms with Crippen molar-refractivity contribution in [1.82, 2.24) is 9.88 Å². The lowest BCUT2D eigenvalue weighted by Crippen LogP contribution is -2.37. The topological polar surface area (TPSA) is 29.3 Å². The van der Waals surface area contributed by atoms with Gasteiger partial charge in [-0.3, -0.25) is 0 Å². The van der Waals surface area contributed by atoms with Gasteiger partial charge in [-0.2, -0.15) is 0 Å². The third-order valence-electron chi connectivity index (χ3n) is 12.1. The highest BCUT2D eigenvalue weighted by Gasteiger charge is 2.38. The summed E-state index contributed by atoms with van der Waals surface area (Å²) in [6.45, 7) is 9.73. The van der Waals surface area contributed by atoms with Crippen LogP contribution < -0.4 is 5.32 Å². The van der Waals surface area contributed by atoms with Gasteiger partial charge in [-0.05, 0) is 124 Å². The van der Waals surface area contributed by atoms with Gasteiger partial charge in [0.1, 0.15) is 0 Å². The summed E-state index contributed by atoms with van der Waals surface area (Å²) in [5.41, 5.74) is 15.2. The number of aliphatic imine (C=N–C) groups is 1. The van der Waals surface area contributed by atoms with Gasteiger partial charge in [-0.15, -0.1) is 0 Å². The van der Waals surface area contributed by atoms with E-state index >= 15 is 0 Å². The Hall–Kier alpha value is -5.41. The van der Waals surface area contributed by atoms with Crippen molar-refractivity contribution < 1.29 is 0 Å². The van der Waals surface area contributed by atoms with Gasteiger partial charge < -0.3 is 9.88 Å². The fraction of sp³-hybridized carbons (Fsp3) is 0.229. The fourth-order valence-corrected chi connectivity index (χ4v) is 8.99. The van der Waals surface area contributed by atoms with Crippen molar-refractivity contribution in [3.8, 4) is 5.69 Å². The van der Waals surface area contributed by atoms with E-state index in [9.17, 15) is 0 Å². The van der Waals surface area contributed by atoms with E-state index in [4.69, 9.17) is 4.99 Å². The number of hydrogen-bond donors (Lipinski definition) is 1. The van der Waals surface area contributed by atoms with Gasteiger partial charge in [0.15, 0.2) is 0 Å². The highest BCUT2D eigenvalue weighted by Crippen LogP contribution is 2.49. The molecular weight excluding hydrogens is 619 g/mol. The predicted molar refractivity (Wildman–Crippen MR) is 217 cm³/mol. The molecule has 1 aliphatic heterocycles. The average molecular weight is 662 g/mol. The number of nitrogens with one attached hydrogen (secondary N) is 1. The maximum atomic E-state index is 5.28. The van der Waals surface area contributed by atoms with Crippen molar-refractivity contribution in [2.75, 3.05) is 0 Å². The second-order valence-electron chi connectivity index (χ2n) is 16.3. The SMILES string of the molecule is CC1(C)CCC(C)(C)c2cc3c(cc21)c1cc2c(cc1n3-c1ccc(C3=C(c4ccc5ccccc5c4)N=C4C=CC=CC4N3)cc1)C=CCC2. The number of nitrogens with zero attached hydrogens (tertiary/aromatic N) is 2. The van der Waals surface area contributed by atoms with Crippen LogP contribution in [-0.2, 0) is 17.3 Å². The lowest BCUT2D eigenvalue weighted by atomic mass is 9.63. The van der Waals surface area contributed by atoms with Gasteiger partial charge >= 0.3 is 0 Å². The highest BCUT2D eigenvalue weighted by molar-refractivity contribution is 6.12. The standard InChI is InChI=1S/C48H43N3/c1-47(2)23-24-48(3,4)40-29-44-38(28-39(40)47)37-26-33-13-7-8-14-34(33)27-43(37)51(44)36-21-19-31(20-22-36)45-46(50-42-16-10-9-15-41(42)49-45)35-18-17-30-11-5-6-12-32(30)25-35/h5-6,8-12,14-22,25-29,41,49H,7,13,23-24H2,1-4H3. The summed E-state index contributed by atoms with van der Waals surface area (Å²) in [6, 6.07) is 34.5. The van der Waals surface area contributed by atoms with Crippen molar-refractivity contribution >= 4 is 55.8 Å². The van der Waals surface area contributed by atoms with Crippen LogP contribution in [0.2, 0.25) is 0 Å². The van der Waals surface area contributed by atoms with Crippen LogP contribution >= 0.6 is 0 Å². The Morgan fingerprint density at radius 2 is 1.43 bits per heavy atom. The molecule has 3 aliphatic carbocycles. The summed E-state index contributed by atoms with van der Waals surface area (Å²) in [5.74, 6) is 0. The maximum Gasteiger partial charge on any atom is 0.0944 e. The van der Waals surface area contributed by atoms with Gasteiger partial charge in [0.05, 0.1) is 34.2 Å². The van der Waals surface area contributed by atoms with E-state index in [1.54, 1.807) is 0 Å². The summed E-state index contributed by atoms with van der Waals surface area (Å²) in [5, 5.41) is 9.04. The molecule has 6 aromatic rings. The van der Waals surface area contributed by atoms with Gasteiger partial charge in [-0.1, -0.05) is 107 Å². The molecule has 0 bridgehead atoms. The number of hydrogen-bond acceptors (Lipinski definition) is 2. The molecule has 3 heteroatoms. The second-order valence-corrected chi connectivity index (χ2v) is 16.3. The van der Waals surface area contributed by atoms with E-state index in [1.165, 1.54) is 73.4 Å². The molecule has 1 aromatic heterocycles. The number of rotatable bonds is 3. The van der Waals surface area contributed by atoms with Crippen LogP contribution in [0.4, 0.5) is 0 Å². The third kappa shape index (κ3) is 4.82. The molecule has 0 fully saturated rings. The van der Waals surface area contributed by atoms with E-state index < -0.39 is 0 Å². The molecule has 3 nitrogen and oxygen atoms in total. The molecule has 2 heterocycles. The minimum atomic E-state index is 0.0456. The minimum absolute atomic E-state index is 0.0456. The molecule has 1 N–H and O–H groups in total. The smallest absolute Gasteiger partial charge is 0.0944 e. The molecule has 4 aliphatic rings. The zero-order chi connectivity index (χ0) is 34.5. The minimum Gasteiger partial charge on any atom is -0.371 e. The first kappa shape index (κ1) is 30.4. The highest BCUT2D eigenvalue weighted by atomic mass is 15.0. The van der Waals surface area contributed by atoms with Crippen LogP contribution in [0.25, 0.3) is 55.7 Å². The normalized spacial score (nSPS) is 19.9. The summed E-state index contributed by atoms with van der Waals surface area (Å²) in [7, 11) is 0. The number of aryl methyl sites for hydroxylation is 1. The Balaban J connectivity index is 1.17. The van der Waals surface area contributed by atoms with Crippen LogP contribution in [-0.4, -0.2) is 16.3 Å². The van der Waals surface area contributed by atoms with Gasteiger partial charge in [-0.25, -0.2) is 4.99 Å². The van der Waals surface area contributed by atoms with E-state index in [1.807, 2.05) is 0 Å². The molecule has 0 amide bonds. The van der Waals surface area contributed by atoms with E-state index in [0.29, 0.717) is 0 Å². The second kappa shape index (κ2) is 11.0. The summed E-state index contributed by atoms with van der Waals surface area (Å²) in [6.07, 6.45) is 17.8. The van der Waals surface area contributed by atoms with Crippen LogP contribution in [0.1, 0.15) is 80.3 Å². The molecule has 0 saturated heterocycles. The molecule has 51 heavy (non-hydrogen) atoms. The third-order valence-corrected chi connectivity index (χ3v) is 12.1. The summed E-state index contributed by atoms with van der Waals surface area (Å²) in [4.78, 5) is 5.28. The number of fused-ring (bicyclic) bond motifs is 7. The quantitative estimate of drug-likeness (QED) is 0.201. The number of benzene rings is 5. The van der Waals surface area contributed by atoms with Crippen molar-refractivity contribution in [3.63, 3.8) is 0 Å². The monoisotopic (exact) mass is 661 g/mol. The molecule has 10 rings (SSSR count). The van der Waals surface area contributed by atoms with Gasteiger partial charge in [0.2, 0.25) is 0 Å². The van der Waals surface area contributed by atoms with Gasteiger partial charge in [0, 0.05) is 22.0 Å². The molecular formula is C48H43N3. The Kier molecular flexibility index (Phi) is 6.59. The molecule has 0 saturated carbocycles. The number of aromatic nitrogens is 1. The van der Waals surface area contributed by atoms with Crippen molar-refractivity contribution in [2.45, 2.75) is 70.3 Å². The molecule has 0 spiro atoms. The van der Waals surface area contributed by atoms with E-state index in [2.05, 4.69) is 165 Å². The fourth-order valence-electron chi connectivity index (χ4n) is 8.99. The number of allylic oxidation sites excluding steroid dienone is 3. The summed E-state index contributed by atoms with van der Waals surface area (Å²) >= 11 is 0. The lowest BCUT2D eigenvalue weighted by molar-refractivity contribution is 0.332. The van der Waals surface area contributed by atoms with E-state index in [0.717, 1.165) is 41.1 Å². The molecule has 1 atom stereocenters. The first-order valence-corrected chi connectivity index (χ1v) is 18.6. The van der Waals surface area contributed by atoms with E-state index in [-0.39, 0.29) is 16.9 Å². The van der Waals surface area contributed by atoms with Gasteiger partial charge in [0.25, 0.3) is 0 Å². The average Bonchev–Trinajstić information content (AvgIpc) is 3.47. The van der Waals surface area contributed by atoms with Crippen molar-refractivity contribution in [3.05, 3.63) is 155 Å². The largest absolute Gasteiger partial charge is 0.371 e. The Morgan fingerprint density at radius 3 is 2.25 bits per heavy atom. The van der Waals surface area contributed by atoms with Crippen LogP contribution in [0.15, 0.2) is 126 Å². The zero-order valence-corrected chi connectivity index (χ0v) is 29.9.